The second-order valence-corrected chi connectivity index (χ2v) is 6.31. The van der Waals surface area contributed by atoms with Gasteiger partial charge in [0.15, 0.2) is 0 Å². The van der Waals surface area contributed by atoms with E-state index in [9.17, 15) is 9.18 Å². The number of piperazine rings is 1. The van der Waals surface area contributed by atoms with Gasteiger partial charge in [-0.2, -0.15) is 0 Å². The maximum atomic E-state index is 13.9. The molecule has 0 radical (unpaired) electrons. The van der Waals surface area contributed by atoms with Crippen LogP contribution < -0.4 is 10.6 Å². The Hall–Kier alpha value is -1.46. The first-order chi connectivity index (χ1) is 10.5. The van der Waals surface area contributed by atoms with Gasteiger partial charge in [0.25, 0.3) is 0 Å². The van der Waals surface area contributed by atoms with Crippen molar-refractivity contribution in [1.82, 2.24) is 15.5 Å². The molecule has 5 heteroatoms. The van der Waals surface area contributed by atoms with Gasteiger partial charge in [-0.25, -0.2) is 4.39 Å². The zero-order chi connectivity index (χ0) is 16.0. The molecule has 0 aliphatic carbocycles. The Morgan fingerprint density at radius 3 is 2.68 bits per heavy atom. The average Bonchev–Trinajstić information content (AvgIpc) is 2.52. The van der Waals surface area contributed by atoms with E-state index >= 15 is 0 Å². The highest BCUT2D eigenvalue weighted by Crippen LogP contribution is 2.25. The molecule has 0 aromatic heterocycles. The van der Waals surface area contributed by atoms with Gasteiger partial charge < -0.3 is 15.5 Å². The second kappa shape index (κ2) is 7.70. The summed E-state index contributed by atoms with van der Waals surface area (Å²) in [4.78, 5) is 14.8. The molecule has 1 saturated heterocycles. The molecule has 0 unspecified atom stereocenters. The van der Waals surface area contributed by atoms with Crippen molar-refractivity contribution >= 4 is 5.91 Å². The molecular weight excluding hydrogens is 281 g/mol. The van der Waals surface area contributed by atoms with E-state index in [1.54, 1.807) is 32.0 Å². The first kappa shape index (κ1) is 16.9. The summed E-state index contributed by atoms with van der Waals surface area (Å²) in [5.74, 6) is -0.457. The van der Waals surface area contributed by atoms with E-state index in [0.717, 1.165) is 39.1 Å². The summed E-state index contributed by atoms with van der Waals surface area (Å²) in [6, 6.07) is 6.47. The Labute approximate surface area is 132 Å². The van der Waals surface area contributed by atoms with Crippen molar-refractivity contribution in [2.45, 2.75) is 25.7 Å². The standard InChI is InChI=1S/C17H26FN3O/c1-17(2,14-6-3-4-7-15(14)18)16(22)20-8-5-11-21-12-9-19-10-13-21/h3-4,6-7,19H,5,8-13H2,1-2H3,(H,20,22). The molecule has 0 saturated carbocycles. The van der Waals surface area contributed by atoms with Crippen LogP contribution in [0.25, 0.3) is 0 Å². The van der Waals surface area contributed by atoms with E-state index in [2.05, 4.69) is 15.5 Å². The monoisotopic (exact) mass is 307 g/mol. The Morgan fingerprint density at radius 2 is 2.00 bits per heavy atom. The van der Waals surface area contributed by atoms with E-state index in [-0.39, 0.29) is 11.7 Å². The third-order valence-electron chi connectivity index (χ3n) is 4.26. The molecule has 22 heavy (non-hydrogen) atoms. The van der Waals surface area contributed by atoms with Gasteiger partial charge in [0.2, 0.25) is 5.91 Å². The average molecular weight is 307 g/mol. The summed E-state index contributed by atoms with van der Waals surface area (Å²) in [6.07, 6.45) is 0.916. The number of amides is 1. The maximum Gasteiger partial charge on any atom is 0.230 e. The zero-order valence-corrected chi connectivity index (χ0v) is 13.5. The highest BCUT2D eigenvalue weighted by molar-refractivity contribution is 5.87. The van der Waals surface area contributed by atoms with Crippen molar-refractivity contribution in [1.29, 1.82) is 0 Å². The number of carbonyl (C=O) groups excluding carboxylic acids is 1. The molecule has 1 fully saturated rings. The summed E-state index contributed by atoms with van der Waals surface area (Å²) in [6.45, 7) is 9.33. The number of nitrogens with one attached hydrogen (secondary N) is 2. The highest BCUT2D eigenvalue weighted by Gasteiger charge is 2.31. The lowest BCUT2D eigenvalue weighted by Crippen LogP contribution is -2.45. The van der Waals surface area contributed by atoms with Gasteiger partial charge in [0.1, 0.15) is 5.82 Å². The molecule has 2 rings (SSSR count). The second-order valence-electron chi connectivity index (χ2n) is 6.31. The van der Waals surface area contributed by atoms with Crippen molar-refractivity contribution in [3.63, 3.8) is 0 Å². The van der Waals surface area contributed by atoms with Crippen LogP contribution in [0.5, 0.6) is 0 Å². The number of benzene rings is 1. The van der Waals surface area contributed by atoms with Crippen LogP contribution in [0, 0.1) is 5.82 Å². The predicted molar refractivity (Wildman–Crippen MR) is 86.4 cm³/mol. The van der Waals surface area contributed by atoms with Crippen LogP contribution in [0.1, 0.15) is 25.8 Å². The number of carbonyl (C=O) groups is 1. The third kappa shape index (κ3) is 4.27. The number of halogens is 1. The van der Waals surface area contributed by atoms with E-state index in [1.807, 2.05) is 0 Å². The van der Waals surface area contributed by atoms with Crippen LogP contribution in [0.15, 0.2) is 24.3 Å². The lowest BCUT2D eigenvalue weighted by molar-refractivity contribution is -0.125. The topological polar surface area (TPSA) is 44.4 Å². The van der Waals surface area contributed by atoms with E-state index < -0.39 is 5.41 Å². The molecule has 4 nitrogen and oxygen atoms in total. The van der Waals surface area contributed by atoms with Crippen molar-refractivity contribution in [2.75, 3.05) is 39.3 Å². The summed E-state index contributed by atoms with van der Waals surface area (Å²) >= 11 is 0. The van der Waals surface area contributed by atoms with E-state index in [0.29, 0.717) is 12.1 Å². The molecule has 1 aliphatic heterocycles. The lowest BCUT2D eigenvalue weighted by atomic mass is 9.83. The van der Waals surface area contributed by atoms with Crippen LogP contribution in [0.4, 0.5) is 4.39 Å². The van der Waals surface area contributed by atoms with Gasteiger partial charge in [-0.15, -0.1) is 0 Å². The highest BCUT2D eigenvalue weighted by atomic mass is 19.1. The predicted octanol–water partition coefficient (Wildman–Crippen LogP) is 1.51. The van der Waals surface area contributed by atoms with Crippen LogP contribution in [0.2, 0.25) is 0 Å². The fourth-order valence-corrected chi connectivity index (χ4v) is 2.75. The molecule has 2 N–H and O–H groups in total. The fraction of sp³-hybridized carbons (Fsp3) is 0.588. The molecular formula is C17H26FN3O. The lowest BCUT2D eigenvalue weighted by Gasteiger charge is -2.28. The van der Waals surface area contributed by atoms with Crippen LogP contribution >= 0.6 is 0 Å². The molecule has 1 aromatic rings. The molecule has 1 aromatic carbocycles. The Morgan fingerprint density at radius 1 is 1.32 bits per heavy atom. The third-order valence-corrected chi connectivity index (χ3v) is 4.26. The largest absolute Gasteiger partial charge is 0.355 e. The van der Waals surface area contributed by atoms with Gasteiger partial charge >= 0.3 is 0 Å². The molecule has 1 aliphatic rings. The van der Waals surface area contributed by atoms with E-state index in [1.165, 1.54) is 6.07 Å². The molecule has 1 amide bonds. The van der Waals surface area contributed by atoms with Crippen LogP contribution in [0.3, 0.4) is 0 Å². The number of rotatable bonds is 6. The molecule has 1 heterocycles. The van der Waals surface area contributed by atoms with Crippen LogP contribution in [-0.2, 0) is 10.2 Å². The van der Waals surface area contributed by atoms with E-state index in [4.69, 9.17) is 0 Å². The minimum Gasteiger partial charge on any atom is -0.355 e. The molecule has 0 atom stereocenters. The first-order valence-electron chi connectivity index (χ1n) is 7.98. The Bertz CT molecular complexity index is 498. The molecule has 0 spiro atoms. The van der Waals surface area contributed by atoms with Gasteiger partial charge in [0, 0.05) is 38.3 Å². The minimum absolute atomic E-state index is 0.127. The summed E-state index contributed by atoms with van der Waals surface area (Å²) in [5, 5.41) is 6.26. The smallest absolute Gasteiger partial charge is 0.230 e. The van der Waals surface area contributed by atoms with Gasteiger partial charge in [-0.3, -0.25) is 4.79 Å². The molecule has 0 bridgehead atoms. The van der Waals surface area contributed by atoms with Gasteiger partial charge in [0.05, 0.1) is 5.41 Å². The van der Waals surface area contributed by atoms with Crippen molar-refractivity contribution in [3.8, 4) is 0 Å². The first-order valence-corrected chi connectivity index (χ1v) is 7.98. The summed E-state index contributed by atoms with van der Waals surface area (Å²) < 4.78 is 13.9. The van der Waals surface area contributed by atoms with Crippen molar-refractivity contribution in [3.05, 3.63) is 35.6 Å². The summed E-state index contributed by atoms with van der Waals surface area (Å²) in [7, 11) is 0. The normalized spacial score (nSPS) is 16.5. The summed E-state index contributed by atoms with van der Waals surface area (Å²) in [5.41, 5.74) is -0.421. The zero-order valence-electron chi connectivity index (χ0n) is 13.5. The van der Waals surface area contributed by atoms with Gasteiger partial charge in [-0.05, 0) is 32.9 Å². The number of hydrogen-bond acceptors (Lipinski definition) is 3. The SMILES string of the molecule is CC(C)(C(=O)NCCCN1CCNCC1)c1ccccc1F. The van der Waals surface area contributed by atoms with Crippen molar-refractivity contribution in [2.24, 2.45) is 0 Å². The minimum atomic E-state index is -0.861. The quantitative estimate of drug-likeness (QED) is 0.783. The maximum absolute atomic E-state index is 13.9. The number of nitrogens with zero attached hydrogens (tertiary/aromatic N) is 1. The Kier molecular flexibility index (Phi) is 5.91. The molecule has 122 valence electrons. The number of hydrogen-bond donors (Lipinski definition) is 2. The van der Waals surface area contributed by atoms with Crippen LogP contribution in [-0.4, -0.2) is 50.1 Å². The fourth-order valence-electron chi connectivity index (χ4n) is 2.75. The van der Waals surface area contributed by atoms with Gasteiger partial charge in [-0.1, -0.05) is 18.2 Å². The van der Waals surface area contributed by atoms with Crippen molar-refractivity contribution < 1.29 is 9.18 Å². The Balaban J connectivity index is 1.79.